The lowest BCUT2D eigenvalue weighted by molar-refractivity contribution is -0.110. The molecular formula is C16H13ClN2O. The molecule has 0 spiro atoms. The molecule has 1 aliphatic rings. The Kier molecular flexibility index (Phi) is 3.52. The minimum atomic E-state index is -0.0696. The van der Waals surface area contributed by atoms with E-state index in [9.17, 15) is 4.79 Å². The van der Waals surface area contributed by atoms with Crippen LogP contribution in [-0.2, 0) is 11.2 Å². The number of carbonyl (C=O) groups excluding carboxylic acids is 1. The molecule has 4 heteroatoms. The van der Waals surface area contributed by atoms with E-state index in [1.54, 1.807) is 12.4 Å². The zero-order valence-electron chi connectivity index (χ0n) is 10.8. The maximum atomic E-state index is 12.1. The summed E-state index contributed by atoms with van der Waals surface area (Å²) >= 11 is 5.78. The number of hydrogen-bond donors (Lipinski definition) is 1. The first-order chi connectivity index (χ1) is 9.78. The van der Waals surface area contributed by atoms with Gasteiger partial charge >= 0.3 is 0 Å². The monoisotopic (exact) mass is 284 g/mol. The highest BCUT2D eigenvalue weighted by Crippen LogP contribution is 2.33. The fraction of sp³-hybridized carbons (Fsp3) is 0.125. The van der Waals surface area contributed by atoms with Gasteiger partial charge in [-0.3, -0.25) is 9.78 Å². The summed E-state index contributed by atoms with van der Waals surface area (Å²) < 4.78 is 0. The van der Waals surface area contributed by atoms with Crippen molar-refractivity contribution in [2.75, 3.05) is 11.2 Å². The summed E-state index contributed by atoms with van der Waals surface area (Å²) in [5.41, 5.74) is 4.57. The van der Waals surface area contributed by atoms with Crippen molar-refractivity contribution < 1.29 is 4.79 Å². The standard InChI is InChI=1S/C16H13ClN2O/c17-6-3-11-1-2-15-13(9-11)14(16(20)19-15)10-12-4-7-18-8-5-12/h1-2,4-5,7-10H,3,6H2,(H,19,20). The van der Waals surface area contributed by atoms with Crippen molar-refractivity contribution in [2.24, 2.45) is 0 Å². The Labute approximate surface area is 122 Å². The van der Waals surface area contributed by atoms with Gasteiger partial charge in [-0.15, -0.1) is 11.6 Å². The highest BCUT2D eigenvalue weighted by molar-refractivity contribution is 6.34. The molecule has 0 aliphatic carbocycles. The average Bonchev–Trinajstić information content (AvgIpc) is 2.77. The molecule has 0 atom stereocenters. The minimum absolute atomic E-state index is 0.0696. The van der Waals surface area contributed by atoms with Gasteiger partial charge in [0, 0.05) is 35.1 Å². The van der Waals surface area contributed by atoms with Gasteiger partial charge in [0.05, 0.1) is 0 Å². The van der Waals surface area contributed by atoms with Crippen molar-refractivity contribution in [2.45, 2.75) is 6.42 Å². The van der Waals surface area contributed by atoms with Crippen LogP contribution in [0, 0.1) is 0 Å². The van der Waals surface area contributed by atoms with Crippen molar-refractivity contribution in [1.29, 1.82) is 0 Å². The van der Waals surface area contributed by atoms with Gasteiger partial charge in [-0.05, 0) is 47.9 Å². The summed E-state index contributed by atoms with van der Waals surface area (Å²) in [5, 5.41) is 2.88. The van der Waals surface area contributed by atoms with Crippen molar-refractivity contribution in [3.05, 3.63) is 59.4 Å². The van der Waals surface area contributed by atoms with Crippen LogP contribution in [0.5, 0.6) is 0 Å². The Morgan fingerprint density at radius 1 is 1.20 bits per heavy atom. The molecule has 20 heavy (non-hydrogen) atoms. The first-order valence-electron chi connectivity index (χ1n) is 6.40. The third-order valence-corrected chi connectivity index (χ3v) is 3.46. The van der Waals surface area contributed by atoms with E-state index < -0.39 is 0 Å². The smallest absolute Gasteiger partial charge is 0.256 e. The number of hydrogen-bond acceptors (Lipinski definition) is 2. The largest absolute Gasteiger partial charge is 0.321 e. The molecule has 1 amide bonds. The number of benzene rings is 1. The van der Waals surface area contributed by atoms with Crippen LogP contribution in [-0.4, -0.2) is 16.8 Å². The van der Waals surface area contributed by atoms with Gasteiger partial charge in [0.1, 0.15) is 0 Å². The SMILES string of the molecule is O=C1Nc2ccc(CCCl)cc2C1=Cc1ccncc1. The van der Waals surface area contributed by atoms with Gasteiger partial charge in [-0.1, -0.05) is 6.07 Å². The molecule has 3 nitrogen and oxygen atoms in total. The molecule has 100 valence electrons. The van der Waals surface area contributed by atoms with Crippen molar-refractivity contribution in [3.63, 3.8) is 0 Å². The van der Waals surface area contributed by atoms with Crippen molar-refractivity contribution in [1.82, 2.24) is 4.98 Å². The summed E-state index contributed by atoms with van der Waals surface area (Å²) in [5.74, 6) is 0.503. The lowest BCUT2D eigenvalue weighted by Crippen LogP contribution is -2.03. The molecule has 0 radical (unpaired) electrons. The van der Waals surface area contributed by atoms with Gasteiger partial charge in [-0.2, -0.15) is 0 Å². The van der Waals surface area contributed by atoms with E-state index in [1.165, 1.54) is 0 Å². The number of nitrogens with one attached hydrogen (secondary N) is 1. The van der Waals surface area contributed by atoms with Gasteiger partial charge < -0.3 is 5.32 Å². The first kappa shape index (κ1) is 12.9. The molecule has 2 heterocycles. The number of rotatable bonds is 3. The quantitative estimate of drug-likeness (QED) is 0.694. The number of nitrogens with zero attached hydrogens (tertiary/aromatic N) is 1. The third kappa shape index (κ3) is 2.45. The second-order valence-corrected chi connectivity index (χ2v) is 4.99. The normalized spacial score (nSPS) is 15.2. The molecule has 1 aliphatic heterocycles. The predicted molar refractivity (Wildman–Crippen MR) is 81.6 cm³/mol. The molecule has 2 aromatic rings. The van der Waals surface area contributed by atoms with Crippen molar-refractivity contribution >= 4 is 34.8 Å². The fourth-order valence-corrected chi connectivity index (χ4v) is 2.49. The number of fused-ring (bicyclic) bond motifs is 1. The molecule has 0 saturated heterocycles. The average molecular weight is 285 g/mol. The lowest BCUT2D eigenvalue weighted by atomic mass is 10.0. The number of amides is 1. The molecule has 1 aromatic carbocycles. The molecule has 0 saturated carbocycles. The van der Waals surface area contributed by atoms with Crippen LogP contribution < -0.4 is 5.32 Å². The van der Waals surface area contributed by atoms with Gasteiger partial charge in [0.25, 0.3) is 5.91 Å². The first-order valence-corrected chi connectivity index (χ1v) is 6.94. The van der Waals surface area contributed by atoms with E-state index in [1.807, 2.05) is 36.4 Å². The number of aryl methyl sites for hydroxylation is 1. The Balaban J connectivity index is 2.04. The number of alkyl halides is 1. The number of pyridine rings is 1. The van der Waals surface area contributed by atoms with Gasteiger partial charge in [0.2, 0.25) is 0 Å². The van der Waals surface area contributed by atoms with Crippen molar-refractivity contribution in [3.8, 4) is 0 Å². The zero-order chi connectivity index (χ0) is 13.9. The number of halogens is 1. The zero-order valence-corrected chi connectivity index (χ0v) is 11.5. The molecule has 3 rings (SSSR count). The van der Waals surface area contributed by atoms with E-state index in [-0.39, 0.29) is 5.91 Å². The second kappa shape index (κ2) is 5.47. The van der Waals surface area contributed by atoms with Gasteiger partial charge in [0.15, 0.2) is 0 Å². The molecule has 0 bridgehead atoms. The Hall–Kier alpha value is -2.13. The molecular weight excluding hydrogens is 272 g/mol. The van der Waals surface area contributed by atoms with E-state index >= 15 is 0 Å². The van der Waals surface area contributed by atoms with Crippen LogP contribution in [0.1, 0.15) is 16.7 Å². The van der Waals surface area contributed by atoms with E-state index in [0.29, 0.717) is 11.5 Å². The Morgan fingerprint density at radius 3 is 2.75 bits per heavy atom. The van der Waals surface area contributed by atoms with Crippen LogP contribution in [0.25, 0.3) is 11.6 Å². The molecule has 0 unspecified atom stereocenters. The van der Waals surface area contributed by atoms with Crippen LogP contribution in [0.2, 0.25) is 0 Å². The third-order valence-electron chi connectivity index (χ3n) is 3.27. The Morgan fingerprint density at radius 2 is 2.00 bits per heavy atom. The molecule has 1 aromatic heterocycles. The topological polar surface area (TPSA) is 42.0 Å². The second-order valence-electron chi connectivity index (χ2n) is 4.61. The molecule has 0 fully saturated rings. The lowest BCUT2D eigenvalue weighted by Gasteiger charge is -2.03. The predicted octanol–water partition coefficient (Wildman–Crippen LogP) is 3.36. The highest BCUT2D eigenvalue weighted by atomic mass is 35.5. The summed E-state index contributed by atoms with van der Waals surface area (Å²) in [7, 11) is 0. The highest BCUT2D eigenvalue weighted by Gasteiger charge is 2.24. The van der Waals surface area contributed by atoms with E-state index in [0.717, 1.165) is 28.8 Å². The van der Waals surface area contributed by atoms with E-state index in [4.69, 9.17) is 11.6 Å². The van der Waals surface area contributed by atoms with E-state index in [2.05, 4.69) is 10.3 Å². The summed E-state index contributed by atoms with van der Waals surface area (Å²) in [6.07, 6.45) is 6.10. The fourth-order valence-electron chi connectivity index (χ4n) is 2.27. The maximum Gasteiger partial charge on any atom is 0.256 e. The van der Waals surface area contributed by atoms with Crippen LogP contribution >= 0.6 is 11.6 Å². The summed E-state index contributed by atoms with van der Waals surface area (Å²) in [6, 6.07) is 9.71. The summed E-state index contributed by atoms with van der Waals surface area (Å²) in [6.45, 7) is 0. The molecule has 1 N–H and O–H groups in total. The Bertz CT molecular complexity index is 680. The van der Waals surface area contributed by atoms with Gasteiger partial charge in [-0.25, -0.2) is 0 Å². The number of aromatic nitrogens is 1. The summed E-state index contributed by atoms with van der Waals surface area (Å²) in [4.78, 5) is 16.1. The number of anilines is 1. The maximum absolute atomic E-state index is 12.1. The number of carbonyl (C=O) groups is 1. The van der Waals surface area contributed by atoms with Crippen LogP contribution in [0.15, 0.2) is 42.7 Å². The minimum Gasteiger partial charge on any atom is -0.321 e. The van der Waals surface area contributed by atoms with Crippen LogP contribution in [0.3, 0.4) is 0 Å². The van der Waals surface area contributed by atoms with Crippen LogP contribution in [0.4, 0.5) is 5.69 Å².